The van der Waals surface area contributed by atoms with Crippen molar-refractivity contribution < 1.29 is 29.1 Å². The smallest absolute Gasteiger partial charge is 0.466 e. The van der Waals surface area contributed by atoms with Crippen LogP contribution in [0.1, 0.15) is 33.6 Å². The van der Waals surface area contributed by atoms with Crippen molar-refractivity contribution >= 4 is 13.8 Å². The molecule has 0 aliphatic rings. The Labute approximate surface area is 89.5 Å². The second kappa shape index (κ2) is 11.4. The van der Waals surface area contributed by atoms with Crippen LogP contribution < -0.4 is 0 Å². The van der Waals surface area contributed by atoms with Gasteiger partial charge in [-0.05, 0) is 6.92 Å². The molecule has 0 heterocycles. The van der Waals surface area contributed by atoms with Crippen molar-refractivity contribution in [1.82, 2.24) is 0 Å². The van der Waals surface area contributed by atoms with Crippen LogP contribution in [0.25, 0.3) is 0 Å². The van der Waals surface area contributed by atoms with Crippen molar-refractivity contribution in [1.29, 1.82) is 0 Å². The van der Waals surface area contributed by atoms with E-state index in [2.05, 4.69) is 20.4 Å². The van der Waals surface area contributed by atoms with E-state index in [-0.39, 0.29) is 5.57 Å². The van der Waals surface area contributed by atoms with E-state index >= 15 is 0 Å². The fourth-order valence-electron chi connectivity index (χ4n) is 0. The highest BCUT2D eigenvalue weighted by Gasteiger charge is 2.00. The van der Waals surface area contributed by atoms with Crippen molar-refractivity contribution in [2.75, 3.05) is 0 Å². The summed E-state index contributed by atoms with van der Waals surface area (Å²) < 4.78 is 8.88. The number of rotatable bonds is 2. The van der Waals surface area contributed by atoms with Gasteiger partial charge in [-0.2, -0.15) is 0 Å². The molecule has 0 aromatic heterocycles. The van der Waals surface area contributed by atoms with Crippen molar-refractivity contribution in [3.63, 3.8) is 0 Å². The third kappa shape index (κ3) is 91.5. The molecule has 15 heavy (non-hydrogen) atoms. The van der Waals surface area contributed by atoms with Gasteiger partial charge in [-0.15, -0.1) is 0 Å². The summed E-state index contributed by atoms with van der Waals surface area (Å²) in [5.74, 6) is -0.935. The average Bonchev–Trinajstić information content (AvgIpc) is 2.01. The molecule has 0 saturated carbocycles. The first kappa shape index (κ1) is 19.8. The topological polar surface area (TPSA) is 115 Å². The summed E-state index contributed by atoms with van der Waals surface area (Å²) in [6, 6.07) is 0. The van der Waals surface area contributed by atoms with Gasteiger partial charge in [0.05, 0.1) is 0 Å². The van der Waals surface area contributed by atoms with Gasteiger partial charge < -0.3 is 19.8 Å². The Kier molecular flexibility index (Phi) is 15.1. The van der Waals surface area contributed by atoms with Crippen LogP contribution in [0, 0.1) is 0 Å². The number of hydrogen-bond acceptors (Lipinski definition) is 2. The maximum absolute atomic E-state index is 9.60. The minimum absolute atomic E-state index is 0.176. The van der Waals surface area contributed by atoms with Gasteiger partial charge in [-0.3, -0.25) is 0 Å². The average molecular weight is 242 g/mol. The highest BCUT2D eigenvalue weighted by atomic mass is 31.2. The van der Waals surface area contributed by atoms with E-state index in [1.807, 2.05) is 0 Å². The number of aliphatic carboxylic acids is 1. The molecule has 0 unspecified atom stereocenters. The fraction of sp³-hybridized carbons (Fsp3) is 0.625. The van der Waals surface area contributed by atoms with Crippen molar-refractivity contribution in [3.05, 3.63) is 12.2 Å². The third-order valence-corrected chi connectivity index (χ3v) is 0.865. The Morgan fingerprint density at radius 1 is 1.20 bits per heavy atom. The van der Waals surface area contributed by atoms with E-state index in [0.717, 1.165) is 0 Å². The first-order chi connectivity index (χ1) is 6.56. The summed E-state index contributed by atoms with van der Waals surface area (Å²) >= 11 is 0. The van der Waals surface area contributed by atoms with Gasteiger partial charge in [0.25, 0.3) is 0 Å². The first-order valence-electron chi connectivity index (χ1n) is 4.23. The van der Waals surface area contributed by atoms with Crippen molar-refractivity contribution in [2.24, 2.45) is 0 Å². The molecule has 0 aromatic rings. The minimum atomic E-state index is -4.64. The summed E-state index contributed by atoms with van der Waals surface area (Å²) in [5, 5.41) is 7.89. The molecule has 0 atom stereocenters. The zero-order chi connectivity index (χ0) is 13.1. The predicted octanol–water partition coefficient (Wildman–Crippen LogP) is 1.52. The summed E-state index contributed by atoms with van der Waals surface area (Å²) in [6.07, 6.45) is 2.64. The van der Waals surface area contributed by atoms with Gasteiger partial charge >= 0.3 is 13.8 Å². The SMILES string of the molecule is C=C(C)C(=O)O.CCCC.O=P(O)(O)O. The van der Waals surface area contributed by atoms with E-state index in [9.17, 15) is 4.79 Å². The minimum Gasteiger partial charge on any atom is -0.478 e. The molecule has 0 fully saturated rings. The van der Waals surface area contributed by atoms with Gasteiger partial charge in [0.15, 0.2) is 0 Å². The number of carboxylic acids is 1. The van der Waals surface area contributed by atoms with Gasteiger partial charge in [-0.1, -0.05) is 33.3 Å². The molecule has 0 aliphatic carbocycles. The maximum Gasteiger partial charge on any atom is 0.466 e. The van der Waals surface area contributed by atoms with Crippen LogP contribution >= 0.6 is 7.82 Å². The number of carboxylic acid groups (broad SMARTS) is 1. The Morgan fingerprint density at radius 3 is 1.33 bits per heavy atom. The van der Waals surface area contributed by atoms with E-state index < -0.39 is 13.8 Å². The molecule has 7 heteroatoms. The summed E-state index contributed by atoms with van der Waals surface area (Å²) in [6.45, 7) is 8.96. The third-order valence-electron chi connectivity index (χ3n) is 0.865. The van der Waals surface area contributed by atoms with Gasteiger partial charge in [0.1, 0.15) is 0 Å². The monoisotopic (exact) mass is 242 g/mol. The summed E-state index contributed by atoms with van der Waals surface area (Å²) in [4.78, 5) is 31.2. The lowest BCUT2D eigenvalue weighted by atomic mass is 10.4. The molecular weight excluding hydrogens is 223 g/mol. The van der Waals surface area contributed by atoms with E-state index in [1.54, 1.807) is 0 Å². The molecule has 0 rings (SSSR count). The van der Waals surface area contributed by atoms with Crippen LogP contribution in [-0.4, -0.2) is 25.8 Å². The molecule has 4 N–H and O–H groups in total. The van der Waals surface area contributed by atoms with Crippen molar-refractivity contribution in [2.45, 2.75) is 33.6 Å². The molecule has 0 spiro atoms. The lowest BCUT2D eigenvalue weighted by Gasteiger charge is -1.82. The van der Waals surface area contributed by atoms with Crippen LogP contribution in [0.15, 0.2) is 12.2 Å². The van der Waals surface area contributed by atoms with Crippen LogP contribution in [0.5, 0.6) is 0 Å². The van der Waals surface area contributed by atoms with E-state index in [1.165, 1.54) is 19.8 Å². The highest BCUT2D eigenvalue weighted by Crippen LogP contribution is 2.25. The fourth-order valence-corrected chi connectivity index (χ4v) is 0. The molecule has 0 saturated heterocycles. The Balaban J connectivity index is -0.000000147. The zero-order valence-electron chi connectivity index (χ0n) is 9.17. The highest BCUT2D eigenvalue weighted by molar-refractivity contribution is 7.45. The van der Waals surface area contributed by atoms with Gasteiger partial charge in [-0.25, -0.2) is 9.36 Å². The van der Waals surface area contributed by atoms with Crippen LogP contribution in [0.2, 0.25) is 0 Å². The van der Waals surface area contributed by atoms with Crippen LogP contribution in [0.4, 0.5) is 0 Å². The predicted molar refractivity (Wildman–Crippen MR) is 57.3 cm³/mol. The molecule has 0 radical (unpaired) electrons. The van der Waals surface area contributed by atoms with Gasteiger partial charge in [0.2, 0.25) is 0 Å². The molecule has 0 amide bonds. The number of unbranched alkanes of at least 4 members (excludes halogenated alkanes) is 1. The number of hydrogen-bond donors (Lipinski definition) is 4. The molecule has 92 valence electrons. The molecule has 0 aliphatic heterocycles. The second-order valence-corrected chi connectivity index (χ2v) is 3.63. The zero-order valence-corrected chi connectivity index (χ0v) is 10.1. The van der Waals surface area contributed by atoms with E-state index in [0.29, 0.717) is 0 Å². The molecular formula is C8H19O6P. The summed E-state index contributed by atoms with van der Waals surface area (Å²) in [5.41, 5.74) is 0.176. The lowest BCUT2D eigenvalue weighted by molar-refractivity contribution is -0.132. The lowest BCUT2D eigenvalue weighted by Crippen LogP contribution is -1.92. The number of phosphoric acid groups is 1. The Morgan fingerprint density at radius 2 is 1.33 bits per heavy atom. The number of carbonyl (C=O) groups is 1. The first-order valence-corrected chi connectivity index (χ1v) is 5.79. The quantitative estimate of drug-likeness (QED) is 0.431. The largest absolute Gasteiger partial charge is 0.478 e. The Bertz CT molecular complexity index is 197. The molecule has 0 bridgehead atoms. The van der Waals surface area contributed by atoms with E-state index in [4.69, 9.17) is 24.4 Å². The Hall–Kier alpha value is -0.680. The second-order valence-electron chi connectivity index (χ2n) is 2.60. The van der Waals surface area contributed by atoms with Gasteiger partial charge in [0, 0.05) is 5.57 Å². The normalized spacial score (nSPS) is 8.93. The summed E-state index contributed by atoms with van der Waals surface area (Å²) in [7, 11) is -4.64. The maximum atomic E-state index is 9.60. The van der Waals surface area contributed by atoms with Crippen LogP contribution in [0.3, 0.4) is 0 Å². The molecule has 6 nitrogen and oxygen atoms in total. The molecule has 0 aromatic carbocycles. The van der Waals surface area contributed by atoms with Crippen molar-refractivity contribution in [3.8, 4) is 0 Å². The van der Waals surface area contributed by atoms with Crippen LogP contribution in [-0.2, 0) is 9.36 Å². The standard InChI is InChI=1S/C4H6O2.C4H10.H3O4P/c1-3(2)4(5)6;1-3-4-2;1-5(2,3)4/h1H2,2H3,(H,5,6);3-4H2,1-2H3;(H3,1,2,3,4).